The fourth-order valence-corrected chi connectivity index (χ4v) is 1.46. The van der Waals surface area contributed by atoms with Crippen LogP contribution in [-0.2, 0) is 0 Å². The van der Waals surface area contributed by atoms with Crippen LogP contribution >= 0.6 is 11.6 Å². The smallest absolute Gasteiger partial charge is 0.132 e. The van der Waals surface area contributed by atoms with Gasteiger partial charge in [0.1, 0.15) is 11.0 Å². The van der Waals surface area contributed by atoms with Crippen LogP contribution in [0.1, 0.15) is 19.4 Å². The number of aliphatic hydroxyl groups excluding tert-OH is 1. The van der Waals surface area contributed by atoms with Gasteiger partial charge in [-0.3, -0.25) is 0 Å². The Morgan fingerprint density at radius 1 is 1.56 bits per heavy atom. The third kappa shape index (κ3) is 3.37. The molecule has 86 valence electrons. The lowest BCUT2D eigenvalue weighted by atomic mass is 10.1. The first kappa shape index (κ1) is 12.8. The van der Waals surface area contributed by atoms with E-state index in [0.717, 1.165) is 0 Å². The van der Waals surface area contributed by atoms with E-state index in [4.69, 9.17) is 22.0 Å². The van der Waals surface area contributed by atoms with E-state index in [1.54, 1.807) is 6.07 Å². The molecule has 0 saturated heterocycles. The molecule has 1 heterocycles. The minimum atomic E-state index is -0.0995. The summed E-state index contributed by atoms with van der Waals surface area (Å²) in [5, 5.41) is 21.3. The van der Waals surface area contributed by atoms with E-state index in [0.29, 0.717) is 11.4 Å². The Labute approximate surface area is 99.9 Å². The van der Waals surface area contributed by atoms with Gasteiger partial charge in [0.2, 0.25) is 0 Å². The van der Waals surface area contributed by atoms with Crippen LogP contribution in [0, 0.1) is 17.2 Å². The molecule has 0 aliphatic rings. The summed E-state index contributed by atoms with van der Waals surface area (Å²) in [5.41, 5.74) is 0.447. The molecular formula is C11H14ClN3O. The average molecular weight is 240 g/mol. The van der Waals surface area contributed by atoms with Gasteiger partial charge >= 0.3 is 0 Å². The maximum atomic E-state index is 9.17. The maximum Gasteiger partial charge on any atom is 0.132 e. The molecule has 0 aromatic carbocycles. The van der Waals surface area contributed by atoms with Crippen molar-refractivity contribution in [1.29, 1.82) is 5.26 Å². The lowest BCUT2D eigenvalue weighted by Gasteiger charge is -2.20. The molecule has 1 unspecified atom stereocenters. The van der Waals surface area contributed by atoms with Crippen LogP contribution in [0.15, 0.2) is 12.1 Å². The fourth-order valence-electron chi connectivity index (χ4n) is 1.25. The van der Waals surface area contributed by atoms with E-state index >= 15 is 0 Å². The van der Waals surface area contributed by atoms with E-state index in [1.807, 2.05) is 19.9 Å². The Hall–Kier alpha value is -1.31. The molecule has 1 rings (SSSR count). The minimum absolute atomic E-state index is 0.00769. The third-order valence-corrected chi connectivity index (χ3v) is 2.45. The number of nitrogens with one attached hydrogen (secondary N) is 1. The Balaban J connectivity index is 2.88. The Kier molecular flexibility index (Phi) is 4.53. The standard InChI is InChI=1S/C11H14ClN3O/c1-7(2)9(6-16)14-11-4-8(5-13)3-10(12)15-11/h3-4,7,9,16H,6H2,1-2H3,(H,14,15). The van der Waals surface area contributed by atoms with Crippen molar-refractivity contribution in [2.75, 3.05) is 11.9 Å². The zero-order valence-corrected chi connectivity index (χ0v) is 9.99. The summed E-state index contributed by atoms with van der Waals surface area (Å²) < 4.78 is 0. The molecule has 0 spiro atoms. The third-order valence-electron chi connectivity index (χ3n) is 2.26. The zero-order chi connectivity index (χ0) is 12.1. The molecule has 0 aliphatic heterocycles. The summed E-state index contributed by atoms with van der Waals surface area (Å²) in [7, 11) is 0. The summed E-state index contributed by atoms with van der Waals surface area (Å²) in [6.07, 6.45) is 0. The number of hydrogen-bond donors (Lipinski definition) is 2. The zero-order valence-electron chi connectivity index (χ0n) is 9.24. The number of nitrogens with zero attached hydrogens (tertiary/aromatic N) is 2. The predicted octanol–water partition coefficient (Wildman–Crippen LogP) is 2.04. The number of aliphatic hydroxyl groups is 1. The summed E-state index contributed by atoms with van der Waals surface area (Å²) in [5.74, 6) is 0.771. The molecule has 16 heavy (non-hydrogen) atoms. The number of nitriles is 1. The van der Waals surface area contributed by atoms with Gasteiger partial charge in [-0.2, -0.15) is 5.26 Å². The first-order valence-corrected chi connectivity index (χ1v) is 5.39. The van der Waals surface area contributed by atoms with Crippen LogP contribution in [0.3, 0.4) is 0 Å². The normalized spacial score (nSPS) is 12.2. The van der Waals surface area contributed by atoms with Gasteiger partial charge in [0.25, 0.3) is 0 Å². The lowest BCUT2D eigenvalue weighted by Crippen LogP contribution is -2.29. The first-order valence-electron chi connectivity index (χ1n) is 5.02. The number of halogens is 1. The quantitative estimate of drug-likeness (QED) is 0.789. The number of rotatable bonds is 4. The fraction of sp³-hybridized carbons (Fsp3) is 0.455. The van der Waals surface area contributed by atoms with E-state index < -0.39 is 0 Å². The van der Waals surface area contributed by atoms with Gasteiger partial charge in [-0.25, -0.2) is 4.98 Å². The van der Waals surface area contributed by atoms with Gasteiger partial charge in [-0.1, -0.05) is 25.4 Å². The number of anilines is 1. The van der Waals surface area contributed by atoms with Gasteiger partial charge in [-0.15, -0.1) is 0 Å². The van der Waals surface area contributed by atoms with E-state index in [2.05, 4.69) is 10.3 Å². The maximum absolute atomic E-state index is 9.17. The SMILES string of the molecule is CC(C)C(CO)Nc1cc(C#N)cc(Cl)n1. The predicted molar refractivity (Wildman–Crippen MR) is 63.3 cm³/mol. The van der Waals surface area contributed by atoms with Gasteiger partial charge in [0.15, 0.2) is 0 Å². The second-order valence-corrected chi connectivity index (χ2v) is 4.24. The van der Waals surface area contributed by atoms with Gasteiger partial charge in [0, 0.05) is 0 Å². The largest absolute Gasteiger partial charge is 0.394 e. The van der Waals surface area contributed by atoms with Crippen molar-refractivity contribution in [2.45, 2.75) is 19.9 Å². The molecule has 0 radical (unpaired) electrons. The molecule has 0 amide bonds. The Morgan fingerprint density at radius 2 is 2.25 bits per heavy atom. The molecule has 1 aromatic rings. The van der Waals surface area contributed by atoms with Crippen molar-refractivity contribution >= 4 is 17.4 Å². The van der Waals surface area contributed by atoms with Crippen LogP contribution in [0.5, 0.6) is 0 Å². The van der Waals surface area contributed by atoms with Gasteiger partial charge < -0.3 is 10.4 Å². The van der Waals surface area contributed by atoms with E-state index in [9.17, 15) is 0 Å². The van der Waals surface area contributed by atoms with Crippen molar-refractivity contribution < 1.29 is 5.11 Å². The highest BCUT2D eigenvalue weighted by Gasteiger charge is 2.12. The molecule has 5 heteroatoms. The molecule has 0 aliphatic carbocycles. The Morgan fingerprint density at radius 3 is 2.75 bits per heavy atom. The molecule has 4 nitrogen and oxygen atoms in total. The highest BCUT2D eigenvalue weighted by Crippen LogP contribution is 2.16. The highest BCUT2D eigenvalue weighted by molar-refractivity contribution is 6.29. The summed E-state index contributed by atoms with van der Waals surface area (Å²) in [6.45, 7) is 3.99. The minimum Gasteiger partial charge on any atom is -0.394 e. The van der Waals surface area contributed by atoms with Crippen molar-refractivity contribution in [3.8, 4) is 6.07 Å². The molecule has 0 fully saturated rings. The number of pyridine rings is 1. The topological polar surface area (TPSA) is 68.9 Å². The molecule has 1 aromatic heterocycles. The summed E-state index contributed by atoms with van der Waals surface area (Å²) >= 11 is 5.77. The number of aromatic nitrogens is 1. The number of hydrogen-bond acceptors (Lipinski definition) is 4. The molecule has 0 saturated carbocycles. The van der Waals surface area contributed by atoms with E-state index in [1.165, 1.54) is 6.07 Å². The average Bonchev–Trinajstić information content (AvgIpc) is 2.24. The van der Waals surface area contributed by atoms with Crippen molar-refractivity contribution in [2.24, 2.45) is 5.92 Å². The lowest BCUT2D eigenvalue weighted by molar-refractivity contribution is 0.249. The molecule has 0 bridgehead atoms. The van der Waals surface area contributed by atoms with Gasteiger partial charge in [-0.05, 0) is 18.1 Å². The highest BCUT2D eigenvalue weighted by atomic mass is 35.5. The summed E-state index contributed by atoms with van der Waals surface area (Å²) in [4.78, 5) is 4.04. The van der Waals surface area contributed by atoms with E-state index in [-0.39, 0.29) is 23.7 Å². The second-order valence-electron chi connectivity index (χ2n) is 3.85. The monoisotopic (exact) mass is 239 g/mol. The van der Waals surface area contributed by atoms with Crippen LogP contribution in [-0.4, -0.2) is 22.7 Å². The molecule has 2 N–H and O–H groups in total. The van der Waals surface area contributed by atoms with Crippen LogP contribution < -0.4 is 5.32 Å². The first-order chi connectivity index (χ1) is 7.56. The van der Waals surface area contributed by atoms with Crippen molar-refractivity contribution in [3.63, 3.8) is 0 Å². The second kappa shape index (κ2) is 5.69. The van der Waals surface area contributed by atoms with Crippen LogP contribution in [0.25, 0.3) is 0 Å². The van der Waals surface area contributed by atoms with Gasteiger partial charge in [0.05, 0.1) is 24.3 Å². The Bertz CT molecular complexity index is 401. The van der Waals surface area contributed by atoms with Crippen LogP contribution in [0.2, 0.25) is 5.15 Å². The van der Waals surface area contributed by atoms with Crippen molar-refractivity contribution in [3.05, 3.63) is 22.8 Å². The molecule has 1 atom stereocenters. The molecular weight excluding hydrogens is 226 g/mol. The van der Waals surface area contributed by atoms with Crippen molar-refractivity contribution in [1.82, 2.24) is 4.98 Å². The van der Waals surface area contributed by atoms with Crippen LogP contribution in [0.4, 0.5) is 5.82 Å². The summed E-state index contributed by atoms with van der Waals surface area (Å²) in [6, 6.07) is 5.01.